The van der Waals surface area contributed by atoms with Crippen LogP contribution in [0.3, 0.4) is 0 Å². The molecule has 1 aromatic rings. The maximum absolute atomic E-state index is 12.7. The highest BCUT2D eigenvalue weighted by Crippen LogP contribution is 2.52. The van der Waals surface area contributed by atoms with Gasteiger partial charge >= 0.3 is 11.8 Å². The van der Waals surface area contributed by atoms with Gasteiger partial charge in [-0.15, -0.1) is 10.2 Å². The number of nitrogens with zero attached hydrogens (tertiary/aromatic N) is 2. The predicted octanol–water partition coefficient (Wildman–Crippen LogP) is 2.69. The number of methoxy groups -OCH3 is 1. The molecule has 4 nitrogen and oxygen atoms in total. The molecule has 2 rings (SSSR count). The van der Waals surface area contributed by atoms with Crippen LogP contribution in [0.1, 0.15) is 15.9 Å². The molecule has 0 N–H and O–H groups in total. The van der Waals surface area contributed by atoms with Crippen molar-refractivity contribution < 1.29 is 22.7 Å². The van der Waals surface area contributed by atoms with Crippen LogP contribution in [0.2, 0.25) is 0 Å². The second-order valence-corrected chi connectivity index (χ2v) is 3.44. The van der Waals surface area contributed by atoms with Crippen LogP contribution in [0.5, 0.6) is 5.75 Å². The molecule has 90 valence electrons. The molecule has 0 saturated heterocycles. The smallest absolute Gasteiger partial charge is 0.442 e. The number of benzene rings is 1. The van der Waals surface area contributed by atoms with E-state index in [1.54, 1.807) is 0 Å². The number of rotatable bonds is 3. The van der Waals surface area contributed by atoms with Crippen LogP contribution < -0.4 is 4.74 Å². The lowest BCUT2D eigenvalue weighted by molar-refractivity contribution is -0.166. The second-order valence-electron chi connectivity index (χ2n) is 3.44. The van der Waals surface area contributed by atoms with Crippen LogP contribution >= 0.6 is 0 Å². The van der Waals surface area contributed by atoms with E-state index in [-0.39, 0.29) is 16.9 Å². The zero-order chi connectivity index (χ0) is 12.7. The van der Waals surface area contributed by atoms with E-state index in [1.165, 1.54) is 19.2 Å². The van der Waals surface area contributed by atoms with Crippen molar-refractivity contribution in [3.05, 3.63) is 29.3 Å². The van der Waals surface area contributed by atoms with Gasteiger partial charge in [0, 0.05) is 5.56 Å². The van der Waals surface area contributed by atoms with E-state index in [0.717, 1.165) is 6.07 Å². The fraction of sp³-hybridized carbons (Fsp3) is 0.300. The van der Waals surface area contributed by atoms with Gasteiger partial charge in [-0.3, -0.25) is 4.79 Å². The molecule has 0 aromatic heterocycles. The fourth-order valence-corrected chi connectivity index (χ4v) is 1.47. The van der Waals surface area contributed by atoms with Crippen LogP contribution in [0.4, 0.5) is 13.2 Å². The number of ether oxygens (including phenoxy) is 1. The summed E-state index contributed by atoms with van der Waals surface area (Å²) in [5.41, 5.74) is -2.47. The number of aldehydes is 1. The normalized spacial score (nSPS) is 16.7. The van der Waals surface area contributed by atoms with E-state index in [4.69, 9.17) is 4.74 Å². The van der Waals surface area contributed by atoms with Gasteiger partial charge < -0.3 is 4.74 Å². The molecule has 1 aromatic carbocycles. The van der Waals surface area contributed by atoms with Crippen molar-refractivity contribution in [3.63, 3.8) is 0 Å². The summed E-state index contributed by atoms with van der Waals surface area (Å²) in [6, 6.07) is 3.54. The highest BCUT2D eigenvalue weighted by molar-refractivity contribution is 5.79. The first-order chi connectivity index (χ1) is 7.94. The molecule has 1 aliphatic rings. The first-order valence-corrected chi connectivity index (χ1v) is 4.59. The summed E-state index contributed by atoms with van der Waals surface area (Å²) in [6.07, 6.45) is -4.08. The van der Waals surface area contributed by atoms with Crippen molar-refractivity contribution in [3.8, 4) is 5.75 Å². The molecule has 0 unspecified atom stereocenters. The van der Waals surface area contributed by atoms with Crippen molar-refractivity contribution in [2.75, 3.05) is 7.11 Å². The summed E-state index contributed by atoms with van der Waals surface area (Å²) in [6.45, 7) is 0. The lowest BCUT2D eigenvalue weighted by Crippen LogP contribution is -2.30. The van der Waals surface area contributed by atoms with Crippen LogP contribution in [0, 0.1) is 0 Å². The first kappa shape index (κ1) is 11.6. The minimum absolute atomic E-state index is 0.0680. The topological polar surface area (TPSA) is 51.0 Å². The van der Waals surface area contributed by atoms with E-state index >= 15 is 0 Å². The molecular formula is C10H7F3N2O2. The summed E-state index contributed by atoms with van der Waals surface area (Å²) < 4.78 is 42.9. The largest absolute Gasteiger partial charge is 0.496 e. The van der Waals surface area contributed by atoms with E-state index < -0.39 is 11.8 Å². The summed E-state index contributed by atoms with van der Waals surface area (Å²) in [5, 5.41) is 6.12. The molecule has 1 heterocycles. The highest BCUT2D eigenvalue weighted by atomic mass is 19.4. The minimum Gasteiger partial charge on any atom is -0.496 e. The van der Waals surface area contributed by atoms with Gasteiger partial charge in [0.2, 0.25) is 0 Å². The van der Waals surface area contributed by atoms with Gasteiger partial charge in [0.05, 0.1) is 12.7 Å². The average Bonchev–Trinajstić information content (AvgIpc) is 3.08. The Morgan fingerprint density at radius 3 is 2.41 bits per heavy atom. The quantitative estimate of drug-likeness (QED) is 0.767. The average molecular weight is 244 g/mol. The first-order valence-electron chi connectivity index (χ1n) is 4.59. The molecule has 0 amide bonds. The molecule has 0 fully saturated rings. The van der Waals surface area contributed by atoms with Gasteiger partial charge in [-0.25, -0.2) is 0 Å². The molecular weight excluding hydrogens is 237 g/mol. The molecule has 7 heteroatoms. The van der Waals surface area contributed by atoms with Crippen molar-refractivity contribution in [1.29, 1.82) is 0 Å². The number of hydrogen-bond donors (Lipinski definition) is 0. The molecule has 0 saturated carbocycles. The third-order valence-corrected chi connectivity index (χ3v) is 2.46. The predicted molar refractivity (Wildman–Crippen MR) is 51.0 cm³/mol. The maximum atomic E-state index is 12.7. The van der Waals surface area contributed by atoms with Gasteiger partial charge in [-0.1, -0.05) is 6.07 Å². The Labute approximate surface area is 94.1 Å². The van der Waals surface area contributed by atoms with Crippen LogP contribution in [-0.4, -0.2) is 19.6 Å². The van der Waals surface area contributed by atoms with Gasteiger partial charge in [-0.05, 0) is 12.1 Å². The minimum atomic E-state index is -4.58. The molecule has 0 spiro atoms. The Hall–Kier alpha value is -1.92. The number of hydrogen-bond acceptors (Lipinski definition) is 4. The van der Waals surface area contributed by atoms with E-state index in [0.29, 0.717) is 6.29 Å². The zero-order valence-electron chi connectivity index (χ0n) is 8.65. The van der Waals surface area contributed by atoms with Gasteiger partial charge in [0.15, 0.2) is 6.29 Å². The van der Waals surface area contributed by atoms with Crippen LogP contribution in [0.25, 0.3) is 0 Å². The molecule has 1 aliphatic heterocycles. The zero-order valence-corrected chi connectivity index (χ0v) is 8.65. The Balaban J connectivity index is 2.45. The summed E-state index contributed by atoms with van der Waals surface area (Å²) in [7, 11) is 1.27. The number of carbonyl (C=O) groups is 1. The molecule has 0 aliphatic carbocycles. The summed E-state index contributed by atoms with van der Waals surface area (Å²) in [5.74, 6) is 0.0680. The molecule has 0 radical (unpaired) electrons. The Bertz CT molecular complexity index is 491. The Morgan fingerprint density at radius 2 is 2.00 bits per heavy atom. The van der Waals surface area contributed by atoms with Crippen molar-refractivity contribution in [2.45, 2.75) is 11.8 Å². The SMILES string of the molecule is COc1cc(C2(C(F)(F)F)N=N2)ccc1C=O. The standard InChI is InChI=1S/C10H7F3N2O2/c1-17-8-4-7(3-2-6(8)5-16)9(14-15-9)10(11,12)13/h2-5H,1H3. The number of alkyl halides is 3. The van der Waals surface area contributed by atoms with Crippen molar-refractivity contribution in [1.82, 2.24) is 0 Å². The van der Waals surface area contributed by atoms with Gasteiger partial charge in [0.25, 0.3) is 0 Å². The van der Waals surface area contributed by atoms with Crippen molar-refractivity contribution >= 4 is 6.29 Å². The lowest BCUT2D eigenvalue weighted by Gasteiger charge is -2.15. The summed E-state index contributed by atoms with van der Waals surface area (Å²) in [4.78, 5) is 10.6. The fourth-order valence-electron chi connectivity index (χ4n) is 1.47. The Morgan fingerprint density at radius 1 is 1.35 bits per heavy atom. The third-order valence-electron chi connectivity index (χ3n) is 2.46. The Kier molecular flexibility index (Phi) is 2.41. The highest BCUT2D eigenvalue weighted by Gasteiger charge is 2.65. The van der Waals surface area contributed by atoms with E-state index in [1.807, 2.05) is 0 Å². The van der Waals surface area contributed by atoms with Gasteiger partial charge in [0.1, 0.15) is 5.75 Å². The van der Waals surface area contributed by atoms with Crippen molar-refractivity contribution in [2.24, 2.45) is 10.2 Å². The summed E-state index contributed by atoms with van der Waals surface area (Å²) >= 11 is 0. The number of halogens is 3. The van der Waals surface area contributed by atoms with E-state index in [9.17, 15) is 18.0 Å². The maximum Gasteiger partial charge on any atom is 0.442 e. The van der Waals surface area contributed by atoms with Crippen LogP contribution in [0.15, 0.2) is 28.4 Å². The molecule has 0 bridgehead atoms. The lowest BCUT2D eigenvalue weighted by atomic mass is 10.0. The molecule has 17 heavy (non-hydrogen) atoms. The van der Waals surface area contributed by atoms with Crippen LogP contribution in [-0.2, 0) is 5.66 Å². The monoisotopic (exact) mass is 244 g/mol. The third kappa shape index (κ3) is 1.67. The number of carbonyl (C=O) groups excluding carboxylic acids is 1. The van der Waals surface area contributed by atoms with Gasteiger partial charge in [-0.2, -0.15) is 13.2 Å². The van der Waals surface area contributed by atoms with E-state index in [2.05, 4.69) is 10.2 Å². The second kappa shape index (κ2) is 3.54. The molecule has 0 atom stereocenters.